The predicted octanol–water partition coefficient (Wildman–Crippen LogP) is 2.62. The molecule has 0 saturated heterocycles. The number of fused-ring (bicyclic) bond motifs is 3. The highest BCUT2D eigenvalue weighted by Crippen LogP contribution is 2.28. The van der Waals surface area contributed by atoms with Crippen molar-refractivity contribution in [2.75, 3.05) is 13.4 Å². The molecule has 2 aromatic heterocycles. The molecule has 4 nitrogen and oxygen atoms in total. The van der Waals surface area contributed by atoms with E-state index in [4.69, 9.17) is 4.74 Å². The first-order valence-electron chi connectivity index (χ1n) is 6.08. The van der Waals surface area contributed by atoms with Crippen LogP contribution < -0.4 is 0 Å². The SMILES string of the molecule is COC(=O)c1c2ccccc2n2cc([S+](C)[O-])ccc12. The maximum Gasteiger partial charge on any atom is 0.340 e. The van der Waals surface area contributed by atoms with Gasteiger partial charge in [0.05, 0.1) is 29.9 Å². The molecule has 1 aromatic carbocycles. The Morgan fingerprint density at radius 2 is 1.95 bits per heavy atom. The van der Waals surface area contributed by atoms with Crippen LogP contribution in [0.1, 0.15) is 10.4 Å². The molecule has 1 unspecified atom stereocenters. The number of carbonyl (C=O) groups is 1. The van der Waals surface area contributed by atoms with E-state index in [9.17, 15) is 9.35 Å². The molecule has 0 fully saturated rings. The molecule has 0 N–H and O–H groups in total. The van der Waals surface area contributed by atoms with Crippen molar-refractivity contribution in [1.82, 2.24) is 4.40 Å². The Labute approximate surface area is 119 Å². The largest absolute Gasteiger partial charge is 0.612 e. The third-order valence-corrected chi connectivity index (χ3v) is 4.24. The lowest BCUT2D eigenvalue weighted by Crippen LogP contribution is -2.02. The standard InChI is InChI=1S/C15H13NO3S/c1-19-15(17)14-11-5-3-4-6-12(11)16-9-10(20(2)18)7-8-13(14)16/h3-9H,1-2H3. The maximum absolute atomic E-state index is 12.0. The molecule has 5 heteroatoms. The summed E-state index contributed by atoms with van der Waals surface area (Å²) in [4.78, 5) is 12.7. The number of ether oxygens (including phenoxy) is 1. The summed E-state index contributed by atoms with van der Waals surface area (Å²) < 4.78 is 18.4. The summed E-state index contributed by atoms with van der Waals surface area (Å²) >= 11 is -1.07. The number of hydrogen-bond donors (Lipinski definition) is 0. The third kappa shape index (κ3) is 1.87. The summed E-state index contributed by atoms with van der Waals surface area (Å²) in [5.74, 6) is -0.367. The molecule has 0 aliphatic heterocycles. The number of para-hydroxylation sites is 1. The van der Waals surface area contributed by atoms with Gasteiger partial charge in [-0.1, -0.05) is 18.2 Å². The van der Waals surface area contributed by atoms with Crippen molar-refractivity contribution >= 4 is 33.6 Å². The minimum Gasteiger partial charge on any atom is -0.612 e. The van der Waals surface area contributed by atoms with Crippen LogP contribution in [0.3, 0.4) is 0 Å². The fourth-order valence-corrected chi connectivity index (χ4v) is 2.92. The summed E-state index contributed by atoms with van der Waals surface area (Å²) in [5.41, 5.74) is 2.19. The van der Waals surface area contributed by atoms with Crippen LogP contribution in [0.15, 0.2) is 47.5 Å². The van der Waals surface area contributed by atoms with Gasteiger partial charge in [0.1, 0.15) is 6.26 Å². The summed E-state index contributed by atoms with van der Waals surface area (Å²) in [7, 11) is 1.37. The van der Waals surface area contributed by atoms with Crippen LogP contribution in [-0.2, 0) is 15.9 Å². The van der Waals surface area contributed by atoms with E-state index in [0.29, 0.717) is 5.56 Å². The van der Waals surface area contributed by atoms with Gasteiger partial charge < -0.3 is 13.7 Å². The van der Waals surface area contributed by atoms with Crippen molar-refractivity contribution < 1.29 is 14.1 Å². The van der Waals surface area contributed by atoms with Crippen molar-refractivity contribution in [2.45, 2.75) is 4.90 Å². The van der Waals surface area contributed by atoms with E-state index in [1.807, 2.05) is 34.7 Å². The molecule has 102 valence electrons. The van der Waals surface area contributed by atoms with Gasteiger partial charge >= 0.3 is 5.97 Å². The van der Waals surface area contributed by atoms with E-state index in [0.717, 1.165) is 21.3 Å². The van der Waals surface area contributed by atoms with Crippen molar-refractivity contribution in [1.29, 1.82) is 0 Å². The molecule has 1 atom stereocenters. The van der Waals surface area contributed by atoms with Gasteiger partial charge in [0.2, 0.25) is 0 Å². The van der Waals surface area contributed by atoms with E-state index >= 15 is 0 Å². The summed E-state index contributed by atoms with van der Waals surface area (Å²) in [6.07, 6.45) is 3.44. The number of aromatic nitrogens is 1. The average Bonchev–Trinajstić information content (AvgIpc) is 2.80. The highest BCUT2D eigenvalue weighted by molar-refractivity contribution is 7.90. The summed E-state index contributed by atoms with van der Waals surface area (Å²) in [6.45, 7) is 0. The number of methoxy groups -OCH3 is 1. The van der Waals surface area contributed by atoms with Crippen LogP contribution in [0.4, 0.5) is 0 Å². The van der Waals surface area contributed by atoms with E-state index in [1.54, 1.807) is 18.5 Å². The molecule has 0 saturated carbocycles. The van der Waals surface area contributed by atoms with Gasteiger partial charge in [-0.2, -0.15) is 0 Å². The molecule has 0 bridgehead atoms. The molecule has 0 radical (unpaired) electrons. The molecule has 3 rings (SSSR count). The number of pyridine rings is 1. The maximum atomic E-state index is 12.0. The first-order chi connectivity index (χ1) is 9.63. The first kappa shape index (κ1) is 13.0. The number of esters is 1. The molecule has 0 aliphatic rings. The van der Waals surface area contributed by atoms with Crippen LogP contribution in [0, 0.1) is 0 Å². The quantitative estimate of drug-likeness (QED) is 0.538. The molecule has 3 aromatic rings. The molecule has 0 aliphatic carbocycles. The van der Waals surface area contributed by atoms with Crippen LogP contribution in [0.5, 0.6) is 0 Å². The molecule has 20 heavy (non-hydrogen) atoms. The molecule has 2 heterocycles. The van der Waals surface area contributed by atoms with E-state index in [1.165, 1.54) is 7.11 Å². The monoisotopic (exact) mass is 287 g/mol. The highest BCUT2D eigenvalue weighted by atomic mass is 32.2. The average molecular weight is 287 g/mol. The number of hydrogen-bond acceptors (Lipinski definition) is 3. The Bertz CT molecular complexity index is 807. The van der Waals surface area contributed by atoms with E-state index in [-0.39, 0.29) is 5.97 Å². The fraction of sp³-hybridized carbons (Fsp3) is 0.133. The smallest absolute Gasteiger partial charge is 0.340 e. The number of rotatable bonds is 2. The van der Waals surface area contributed by atoms with Gasteiger partial charge in [0.15, 0.2) is 4.90 Å². The first-order valence-corrected chi connectivity index (χ1v) is 7.64. The highest BCUT2D eigenvalue weighted by Gasteiger charge is 2.19. The zero-order chi connectivity index (χ0) is 14.3. The molecule has 0 spiro atoms. The van der Waals surface area contributed by atoms with Gasteiger partial charge in [-0.05, 0) is 29.4 Å². The molecular weight excluding hydrogens is 274 g/mol. The predicted molar refractivity (Wildman–Crippen MR) is 78.6 cm³/mol. The van der Waals surface area contributed by atoms with Gasteiger partial charge in [-0.3, -0.25) is 0 Å². The van der Waals surface area contributed by atoms with Crippen molar-refractivity contribution in [3.05, 3.63) is 48.2 Å². The van der Waals surface area contributed by atoms with Crippen LogP contribution in [-0.4, -0.2) is 28.3 Å². The second-order valence-corrected chi connectivity index (χ2v) is 5.84. The number of carbonyl (C=O) groups excluding carboxylic acids is 1. The van der Waals surface area contributed by atoms with Crippen LogP contribution in [0.2, 0.25) is 0 Å². The Kier molecular flexibility index (Phi) is 3.16. The van der Waals surface area contributed by atoms with Crippen LogP contribution >= 0.6 is 0 Å². The lowest BCUT2D eigenvalue weighted by molar-refractivity contribution is 0.0605. The zero-order valence-corrected chi connectivity index (χ0v) is 11.9. The van der Waals surface area contributed by atoms with E-state index in [2.05, 4.69) is 0 Å². The van der Waals surface area contributed by atoms with Crippen LogP contribution in [0.25, 0.3) is 16.4 Å². The van der Waals surface area contributed by atoms with Crippen molar-refractivity contribution in [3.8, 4) is 0 Å². The minimum atomic E-state index is -1.07. The second-order valence-electron chi connectivity index (χ2n) is 4.46. The van der Waals surface area contributed by atoms with Gasteiger partial charge in [-0.25, -0.2) is 4.79 Å². The van der Waals surface area contributed by atoms with Gasteiger partial charge in [0.25, 0.3) is 0 Å². The normalized spacial score (nSPS) is 12.8. The Balaban J connectivity index is 2.44. The van der Waals surface area contributed by atoms with Crippen molar-refractivity contribution in [3.63, 3.8) is 0 Å². The lowest BCUT2D eigenvalue weighted by Gasteiger charge is -2.05. The Morgan fingerprint density at radius 3 is 2.65 bits per heavy atom. The Hall–Kier alpha value is -1.98. The minimum absolute atomic E-state index is 0.367. The number of nitrogens with zero attached hydrogens (tertiary/aromatic N) is 1. The summed E-state index contributed by atoms with van der Waals surface area (Å²) in [5, 5.41) is 0.832. The fourth-order valence-electron chi connectivity index (χ4n) is 2.40. The third-order valence-electron chi connectivity index (χ3n) is 3.33. The summed E-state index contributed by atoms with van der Waals surface area (Å²) in [6, 6.07) is 11.2. The van der Waals surface area contributed by atoms with Gasteiger partial charge in [-0.15, -0.1) is 0 Å². The van der Waals surface area contributed by atoms with Crippen molar-refractivity contribution in [2.24, 2.45) is 0 Å². The van der Waals surface area contributed by atoms with E-state index < -0.39 is 11.2 Å². The molecule has 0 amide bonds. The zero-order valence-electron chi connectivity index (χ0n) is 11.1. The number of benzene rings is 1. The lowest BCUT2D eigenvalue weighted by atomic mass is 10.1. The van der Waals surface area contributed by atoms with Gasteiger partial charge in [0, 0.05) is 5.39 Å². The molecular formula is C15H13NO3S. The second kappa shape index (κ2) is 4.85. The topological polar surface area (TPSA) is 53.8 Å². The Morgan fingerprint density at radius 1 is 1.20 bits per heavy atom.